The van der Waals surface area contributed by atoms with Gasteiger partial charge in [0.25, 0.3) is 0 Å². The average Bonchev–Trinajstić information content (AvgIpc) is 2.39. The molecule has 0 aliphatic heterocycles. The van der Waals surface area contributed by atoms with Crippen LogP contribution in [0.2, 0.25) is 0 Å². The van der Waals surface area contributed by atoms with Crippen LogP contribution >= 0.6 is 0 Å². The van der Waals surface area contributed by atoms with Gasteiger partial charge in [0.05, 0.1) is 0 Å². The number of carboxylic acid groups (broad SMARTS) is 1. The van der Waals surface area contributed by atoms with Crippen molar-refractivity contribution < 1.29 is 9.90 Å². The smallest absolute Gasteiger partial charge is 0.330 e. The molecular weight excluding hydrogens is 226 g/mol. The molecular formula is C15H17NO2. The highest BCUT2D eigenvalue weighted by atomic mass is 16.4. The number of nitrogens with one attached hydrogen (secondary N) is 1. The van der Waals surface area contributed by atoms with E-state index in [9.17, 15) is 9.90 Å². The van der Waals surface area contributed by atoms with Gasteiger partial charge in [0, 0.05) is 5.69 Å². The van der Waals surface area contributed by atoms with Crippen LogP contribution in [0.25, 0.3) is 0 Å². The van der Waals surface area contributed by atoms with Gasteiger partial charge >= 0.3 is 5.97 Å². The van der Waals surface area contributed by atoms with Gasteiger partial charge in [0.1, 0.15) is 0 Å². The predicted octanol–water partition coefficient (Wildman–Crippen LogP) is 3.24. The van der Waals surface area contributed by atoms with Crippen LogP contribution in [0.3, 0.4) is 0 Å². The fourth-order valence-corrected chi connectivity index (χ4v) is 1.48. The SMILES string of the molecule is C=C/C(=C\C=C/C)C(Nc1ccccc1)C(=O)O. The highest BCUT2D eigenvalue weighted by Crippen LogP contribution is 2.13. The average molecular weight is 243 g/mol. The summed E-state index contributed by atoms with van der Waals surface area (Å²) in [5, 5.41) is 12.2. The molecule has 0 radical (unpaired) electrons. The summed E-state index contributed by atoms with van der Waals surface area (Å²) >= 11 is 0. The minimum absolute atomic E-state index is 0.615. The molecule has 0 aliphatic rings. The molecule has 0 heterocycles. The Balaban J connectivity index is 2.95. The van der Waals surface area contributed by atoms with Crippen molar-refractivity contribution in [2.24, 2.45) is 0 Å². The summed E-state index contributed by atoms with van der Waals surface area (Å²) in [7, 11) is 0. The van der Waals surface area contributed by atoms with Crippen molar-refractivity contribution in [1.82, 2.24) is 0 Å². The summed E-state index contributed by atoms with van der Waals surface area (Å²) in [6, 6.07) is 8.43. The summed E-state index contributed by atoms with van der Waals surface area (Å²) in [5.74, 6) is -0.936. The second-order valence-corrected chi connectivity index (χ2v) is 3.68. The van der Waals surface area contributed by atoms with E-state index in [1.165, 1.54) is 0 Å². The Morgan fingerprint density at radius 2 is 2.06 bits per heavy atom. The third-order valence-corrected chi connectivity index (χ3v) is 2.38. The van der Waals surface area contributed by atoms with E-state index < -0.39 is 12.0 Å². The van der Waals surface area contributed by atoms with Crippen LogP contribution in [0.5, 0.6) is 0 Å². The monoisotopic (exact) mass is 243 g/mol. The van der Waals surface area contributed by atoms with E-state index in [0.717, 1.165) is 5.69 Å². The maximum atomic E-state index is 11.3. The molecule has 0 aromatic heterocycles. The largest absolute Gasteiger partial charge is 0.479 e. The zero-order valence-corrected chi connectivity index (χ0v) is 10.3. The lowest BCUT2D eigenvalue weighted by Gasteiger charge is -2.16. The van der Waals surface area contributed by atoms with Crippen LogP contribution in [-0.4, -0.2) is 17.1 Å². The number of para-hydroxylation sites is 1. The molecule has 0 bridgehead atoms. The third kappa shape index (κ3) is 3.94. The van der Waals surface area contributed by atoms with E-state index in [2.05, 4.69) is 11.9 Å². The molecule has 94 valence electrons. The molecule has 1 aromatic carbocycles. The van der Waals surface area contributed by atoms with E-state index in [1.54, 1.807) is 18.2 Å². The Morgan fingerprint density at radius 3 is 2.56 bits per heavy atom. The summed E-state index contributed by atoms with van der Waals surface area (Å²) < 4.78 is 0. The Morgan fingerprint density at radius 1 is 1.39 bits per heavy atom. The van der Waals surface area contributed by atoms with Crippen molar-refractivity contribution in [2.75, 3.05) is 5.32 Å². The molecule has 0 fully saturated rings. The predicted molar refractivity (Wildman–Crippen MR) is 74.6 cm³/mol. The Kier molecular flexibility index (Phi) is 5.45. The van der Waals surface area contributed by atoms with Gasteiger partial charge in [0.15, 0.2) is 6.04 Å². The van der Waals surface area contributed by atoms with Gasteiger partial charge in [0.2, 0.25) is 0 Å². The highest BCUT2D eigenvalue weighted by molar-refractivity contribution is 5.82. The minimum atomic E-state index is -0.936. The number of aliphatic carboxylic acids is 1. The van der Waals surface area contributed by atoms with Crippen LogP contribution in [0.1, 0.15) is 6.92 Å². The number of hydrogen-bond donors (Lipinski definition) is 2. The van der Waals surface area contributed by atoms with Gasteiger partial charge in [-0.2, -0.15) is 0 Å². The number of anilines is 1. The highest BCUT2D eigenvalue weighted by Gasteiger charge is 2.19. The summed E-state index contributed by atoms with van der Waals surface area (Å²) in [6.07, 6.45) is 6.92. The summed E-state index contributed by atoms with van der Waals surface area (Å²) in [5.41, 5.74) is 1.38. The molecule has 1 rings (SSSR count). The van der Waals surface area contributed by atoms with Crippen molar-refractivity contribution in [3.8, 4) is 0 Å². The first-order valence-electron chi connectivity index (χ1n) is 5.68. The maximum absolute atomic E-state index is 11.3. The Labute approximate surface area is 107 Å². The summed E-state index contributed by atoms with van der Waals surface area (Å²) in [6.45, 7) is 5.53. The van der Waals surface area contributed by atoms with Crippen molar-refractivity contribution >= 4 is 11.7 Å². The zero-order chi connectivity index (χ0) is 13.4. The first-order valence-corrected chi connectivity index (χ1v) is 5.68. The molecule has 0 saturated heterocycles. The summed E-state index contributed by atoms with van der Waals surface area (Å²) in [4.78, 5) is 11.3. The lowest BCUT2D eigenvalue weighted by atomic mass is 10.1. The molecule has 3 nitrogen and oxygen atoms in total. The van der Waals surface area contributed by atoms with Gasteiger partial charge in [-0.3, -0.25) is 0 Å². The van der Waals surface area contributed by atoms with Crippen molar-refractivity contribution in [3.05, 3.63) is 66.8 Å². The normalized spacial score (nSPS) is 13.3. The Hall–Kier alpha value is -2.29. The zero-order valence-electron chi connectivity index (χ0n) is 10.3. The second-order valence-electron chi connectivity index (χ2n) is 3.68. The lowest BCUT2D eigenvalue weighted by Crippen LogP contribution is -2.30. The van der Waals surface area contributed by atoms with Crippen molar-refractivity contribution in [3.63, 3.8) is 0 Å². The molecule has 0 aliphatic carbocycles. The fourth-order valence-electron chi connectivity index (χ4n) is 1.48. The molecule has 1 aromatic rings. The molecule has 0 spiro atoms. The molecule has 2 N–H and O–H groups in total. The number of rotatable bonds is 6. The molecule has 1 atom stereocenters. The van der Waals surface area contributed by atoms with Gasteiger partial charge in [-0.1, -0.05) is 49.1 Å². The number of carboxylic acids is 1. The number of carbonyl (C=O) groups is 1. The van der Waals surface area contributed by atoms with Crippen LogP contribution in [0.15, 0.2) is 66.8 Å². The second kappa shape index (κ2) is 7.12. The van der Waals surface area contributed by atoms with Crippen molar-refractivity contribution in [1.29, 1.82) is 0 Å². The maximum Gasteiger partial charge on any atom is 0.330 e. The lowest BCUT2D eigenvalue weighted by molar-refractivity contribution is -0.136. The van der Waals surface area contributed by atoms with Crippen LogP contribution in [0, 0.1) is 0 Å². The van der Waals surface area contributed by atoms with Gasteiger partial charge in [-0.25, -0.2) is 4.79 Å². The van der Waals surface area contributed by atoms with Crippen LogP contribution in [-0.2, 0) is 4.79 Å². The molecule has 0 amide bonds. The van der Waals surface area contributed by atoms with E-state index in [-0.39, 0.29) is 0 Å². The first kappa shape index (κ1) is 13.8. The third-order valence-electron chi connectivity index (χ3n) is 2.38. The standard InChI is InChI=1S/C15H17NO2/c1-3-5-9-12(4-2)14(15(17)18)16-13-10-7-6-8-11-13/h3-11,14,16H,2H2,1H3,(H,17,18)/b5-3-,12-9+. The molecule has 3 heteroatoms. The van der Waals surface area contributed by atoms with Gasteiger partial charge in [-0.15, -0.1) is 0 Å². The van der Waals surface area contributed by atoms with E-state index in [4.69, 9.17) is 0 Å². The Bertz CT molecular complexity index is 461. The van der Waals surface area contributed by atoms with E-state index in [1.807, 2.05) is 43.3 Å². The van der Waals surface area contributed by atoms with Crippen LogP contribution in [0.4, 0.5) is 5.69 Å². The molecule has 18 heavy (non-hydrogen) atoms. The van der Waals surface area contributed by atoms with Gasteiger partial charge in [-0.05, 0) is 24.6 Å². The van der Waals surface area contributed by atoms with Crippen molar-refractivity contribution in [2.45, 2.75) is 13.0 Å². The first-order chi connectivity index (χ1) is 8.69. The molecule has 0 saturated carbocycles. The number of benzene rings is 1. The van der Waals surface area contributed by atoms with E-state index in [0.29, 0.717) is 5.57 Å². The fraction of sp³-hybridized carbons (Fsp3) is 0.133. The quantitative estimate of drug-likeness (QED) is 0.754. The van der Waals surface area contributed by atoms with Crippen LogP contribution < -0.4 is 5.32 Å². The van der Waals surface area contributed by atoms with E-state index >= 15 is 0 Å². The van der Waals surface area contributed by atoms with Gasteiger partial charge < -0.3 is 10.4 Å². The number of hydrogen-bond acceptors (Lipinski definition) is 2. The molecule has 1 unspecified atom stereocenters. The minimum Gasteiger partial charge on any atom is -0.479 e. The number of allylic oxidation sites excluding steroid dienone is 3. The topological polar surface area (TPSA) is 49.3 Å².